The van der Waals surface area contributed by atoms with E-state index in [-0.39, 0.29) is 31.1 Å². The van der Waals surface area contributed by atoms with E-state index in [2.05, 4.69) is 35.9 Å². The summed E-state index contributed by atoms with van der Waals surface area (Å²) in [7, 11) is 1.58. The standard InChI is InChI=1S/C39H34BrFN4O7S/c1-39(2,3)52-31(46)18-22-9-14-28(50-20-26-15-16-42-35(45-26)27-7-5-6-8-29(27)49-4)24(17-22)19-30(38(47)48)51-36-32-33(40)34(53-37(32)44-21-43-36)23-10-12-25(41)13-11-23/h5-17,21,30H,18-20H2,1-4H3,(H,47,48). The van der Waals surface area contributed by atoms with E-state index in [0.717, 1.165) is 10.4 Å². The van der Waals surface area contributed by atoms with Crippen LogP contribution in [0.15, 0.2) is 89.8 Å². The van der Waals surface area contributed by atoms with Gasteiger partial charge in [-0.15, -0.1) is 11.3 Å². The number of hydrogen-bond acceptors (Lipinski definition) is 11. The maximum atomic E-state index is 13.6. The highest BCUT2D eigenvalue weighted by Gasteiger charge is 2.27. The number of para-hydroxylation sites is 1. The molecule has 0 fully saturated rings. The third kappa shape index (κ3) is 9.13. The Morgan fingerprint density at radius 1 is 0.981 bits per heavy atom. The average Bonchev–Trinajstić information content (AvgIpc) is 3.47. The zero-order valence-corrected chi connectivity index (χ0v) is 31.5. The fourth-order valence-electron chi connectivity index (χ4n) is 5.44. The first-order valence-electron chi connectivity index (χ1n) is 16.4. The second-order valence-electron chi connectivity index (χ2n) is 12.8. The average molecular weight is 802 g/mol. The smallest absolute Gasteiger partial charge is 0.345 e. The van der Waals surface area contributed by atoms with Crippen molar-refractivity contribution in [2.75, 3.05) is 7.11 Å². The van der Waals surface area contributed by atoms with Gasteiger partial charge < -0.3 is 24.1 Å². The monoisotopic (exact) mass is 800 g/mol. The number of carboxylic acid groups (broad SMARTS) is 1. The molecule has 11 nitrogen and oxygen atoms in total. The fraction of sp³-hybridized carbons (Fsp3) is 0.231. The van der Waals surface area contributed by atoms with Crippen molar-refractivity contribution in [3.05, 3.63) is 112 Å². The van der Waals surface area contributed by atoms with Crippen LogP contribution in [0.3, 0.4) is 0 Å². The Morgan fingerprint density at radius 2 is 1.75 bits per heavy atom. The number of methoxy groups -OCH3 is 1. The van der Waals surface area contributed by atoms with Gasteiger partial charge in [0, 0.05) is 12.6 Å². The Kier molecular flexibility index (Phi) is 11.3. The van der Waals surface area contributed by atoms with Gasteiger partial charge in [0.05, 0.1) is 39.5 Å². The summed E-state index contributed by atoms with van der Waals surface area (Å²) in [6.07, 6.45) is 1.30. The molecule has 14 heteroatoms. The SMILES string of the molecule is COc1ccccc1-c1nccc(COc2ccc(CC(=O)OC(C)(C)C)cc2CC(Oc2ncnc3sc(-c4ccc(F)cc4)c(Br)c23)C(=O)O)n1. The number of thiophene rings is 1. The van der Waals surface area contributed by atoms with Crippen LogP contribution in [0.5, 0.6) is 17.4 Å². The summed E-state index contributed by atoms with van der Waals surface area (Å²) in [4.78, 5) is 44.5. The van der Waals surface area contributed by atoms with Crippen LogP contribution in [0, 0.1) is 5.82 Å². The Morgan fingerprint density at radius 3 is 2.49 bits per heavy atom. The number of esters is 1. The number of nitrogens with zero attached hydrogens (tertiary/aromatic N) is 4. The lowest BCUT2D eigenvalue weighted by molar-refractivity contribution is -0.154. The molecule has 6 rings (SSSR count). The topological polar surface area (TPSA) is 143 Å². The number of benzene rings is 3. The Balaban J connectivity index is 1.30. The molecule has 0 spiro atoms. The molecule has 0 bridgehead atoms. The van der Waals surface area contributed by atoms with Gasteiger partial charge in [0.15, 0.2) is 5.82 Å². The molecule has 0 saturated carbocycles. The summed E-state index contributed by atoms with van der Waals surface area (Å²) in [5, 5.41) is 10.9. The molecule has 272 valence electrons. The van der Waals surface area contributed by atoms with Crippen molar-refractivity contribution in [1.29, 1.82) is 0 Å². The number of halogens is 2. The van der Waals surface area contributed by atoms with Crippen LogP contribution in [0.25, 0.3) is 32.0 Å². The Bertz CT molecular complexity index is 2280. The van der Waals surface area contributed by atoms with E-state index in [9.17, 15) is 19.1 Å². The van der Waals surface area contributed by atoms with Crippen LogP contribution in [-0.4, -0.2) is 55.8 Å². The normalized spacial score (nSPS) is 12.0. The highest BCUT2D eigenvalue weighted by atomic mass is 79.9. The van der Waals surface area contributed by atoms with Crippen molar-refractivity contribution >= 4 is 49.4 Å². The number of aromatic nitrogens is 4. The molecule has 0 saturated heterocycles. The maximum absolute atomic E-state index is 13.6. The second-order valence-corrected chi connectivity index (χ2v) is 14.6. The lowest BCUT2D eigenvalue weighted by Crippen LogP contribution is -2.30. The summed E-state index contributed by atoms with van der Waals surface area (Å²) in [6.45, 7) is 5.38. The number of ether oxygens (including phenoxy) is 4. The van der Waals surface area contributed by atoms with E-state index < -0.39 is 23.6 Å². The highest BCUT2D eigenvalue weighted by molar-refractivity contribution is 9.10. The van der Waals surface area contributed by atoms with E-state index in [1.807, 2.05) is 24.3 Å². The van der Waals surface area contributed by atoms with Crippen molar-refractivity contribution in [3.8, 4) is 39.2 Å². The minimum Gasteiger partial charge on any atom is -0.496 e. The number of carboxylic acids is 1. The van der Waals surface area contributed by atoms with E-state index in [1.165, 1.54) is 29.8 Å². The zero-order valence-electron chi connectivity index (χ0n) is 29.1. The molecule has 0 radical (unpaired) electrons. The van der Waals surface area contributed by atoms with Crippen molar-refractivity contribution < 1.29 is 38.0 Å². The first kappa shape index (κ1) is 37.3. The first-order valence-corrected chi connectivity index (χ1v) is 18.0. The van der Waals surface area contributed by atoms with Crippen LogP contribution in [0.4, 0.5) is 4.39 Å². The summed E-state index contributed by atoms with van der Waals surface area (Å²) < 4.78 is 37.6. The number of rotatable bonds is 13. The molecule has 6 aromatic rings. The van der Waals surface area contributed by atoms with Crippen molar-refractivity contribution in [2.24, 2.45) is 0 Å². The van der Waals surface area contributed by atoms with Gasteiger partial charge in [-0.05, 0) is 89.8 Å². The molecule has 0 aliphatic rings. The molecule has 3 aromatic carbocycles. The molecule has 0 aliphatic heterocycles. The molecule has 1 unspecified atom stereocenters. The number of aliphatic carboxylic acids is 1. The van der Waals surface area contributed by atoms with Gasteiger partial charge in [0.25, 0.3) is 0 Å². The van der Waals surface area contributed by atoms with E-state index in [1.54, 1.807) is 70.5 Å². The van der Waals surface area contributed by atoms with E-state index in [0.29, 0.717) is 54.4 Å². The quantitative estimate of drug-likeness (QED) is 0.113. The van der Waals surface area contributed by atoms with Gasteiger partial charge in [-0.2, -0.15) is 0 Å². The van der Waals surface area contributed by atoms with Crippen molar-refractivity contribution in [3.63, 3.8) is 0 Å². The minimum absolute atomic E-state index is 0.0300. The van der Waals surface area contributed by atoms with E-state index >= 15 is 0 Å². The molecule has 3 aromatic heterocycles. The molecule has 1 N–H and O–H groups in total. The van der Waals surface area contributed by atoms with Crippen LogP contribution >= 0.6 is 27.3 Å². The molecule has 0 amide bonds. The van der Waals surface area contributed by atoms with Gasteiger partial charge in [-0.3, -0.25) is 4.79 Å². The van der Waals surface area contributed by atoms with Gasteiger partial charge in [-0.1, -0.05) is 36.4 Å². The molecule has 1 atom stereocenters. The minimum atomic E-state index is -1.43. The largest absolute Gasteiger partial charge is 0.496 e. The fourth-order valence-corrected chi connectivity index (χ4v) is 7.43. The van der Waals surface area contributed by atoms with E-state index in [4.69, 9.17) is 18.9 Å². The summed E-state index contributed by atoms with van der Waals surface area (Å²) in [6, 6.07) is 20.2. The lowest BCUT2D eigenvalue weighted by Gasteiger charge is -2.20. The predicted molar refractivity (Wildman–Crippen MR) is 201 cm³/mol. The van der Waals surface area contributed by atoms with Crippen LogP contribution in [0.1, 0.15) is 37.6 Å². The third-order valence-electron chi connectivity index (χ3n) is 7.77. The van der Waals surface area contributed by atoms with Crippen molar-refractivity contribution in [2.45, 2.75) is 51.9 Å². The predicted octanol–water partition coefficient (Wildman–Crippen LogP) is 8.26. The summed E-state index contributed by atoms with van der Waals surface area (Å²) in [5.74, 6) is -0.556. The van der Waals surface area contributed by atoms with Crippen LogP contribution in [0.2, 0.25) is 0 Å². The Hall–Kier alpha value is -5.47. The maximum Gasteiger partial charge on any atom is 0.345 e. The highest BCUT2D eigenvalue weighted by Crippen LogP contribution is 2.44. The number of carbonyl (C=O) groups is 2. The number of fused-ring (bicyclic) bond motifs is 1. The first-order chi connectivity index (χ1) is 25.4. The third-order valence-corrected chi connectivity index (χ3v) is 9.97. The lowest BCUT2D eigenvalue weighted by atomic mass is 10.0. The summed E-state index contributed by atoms with van der Waals surface area (Å²) in [5.41, 5.74) is 2.41. The van der Waals surface area contributed by atoms with Crippen LogP contribution < -0.4 is 14.2 Å². The number of hydrogen-bond donors (Lipinski definition) is 1. The zero-order chi connectivity index (χ0) is 37.7. The van der Waals surface area contributed by atoms with Gasteiger partial charge >= 0.3 is 11.9 Å². The van der Waals surface area contributed by atoms with Gasteiger partial charge in [0.2, 0.25) is 12.0 Å². The number of carbonyl (C=O) groups excluding carboxylic acids is 1. The van der Waals surface area contributed by atoms with Crippen LogP contribution in [-0.2, 0) is 33.8 Å². The van der Waals surface area contributed by atoms with Crippen molar-refractivity contribution in [1.82, 2.24) is 19.9 Å². The second kappa shape index (κ2) is 16.0. The summed E-state index contributed by atoms with van der Waals surface area (Å²) >= 11 is 4.94. The molecular weight excluding hydrogens is 767 g/mol. The molecule has 0 aliphatic carbocycles. The van der Waals surface area contributed by atoms with Gasteiger partial charge in [-0.25, -0.2) is 29.1 Å². The van der Waals surface area contributed by atoms with Gasteiger partial charge in [0.1, 0.15) is 40.7 Å². The molecular formula is C39H34BrFN4O7S. The molecule has 3 heterocycles. The Labute approximate surface area is 316 Å². The molecule has 53 heavy (non-hydrogen) atoms.